The molecule has 8 heteroatoms. The first-order chi connectivity index (χ1) is 12.5. The van der Waals surface area contributed by atoms with Gasteiger partial charge in [0, 0.05) is 9.79 Å². The topological polar surface area (TPSA) is 55.4 Å². The fourth-order valence-electron chi connectivity index (χ4n) is 2.50. The van der Waals surface area contributed by atoms with E-state index in [0.29, 0.717) is 18.2 Å². The lowest BCUT2D eigenvalue weighted by molar-refractivity contribution is -0.146. The van der Waals surface area contributed by atoms with Crippen molar-refractivity contribution in [1.82, 2.24) is 0 Å². The molecule has 0 spiro atoms. The molecule has 0 aromatic heterocycles. The minimum absolute atomic E-state index is 0.254. The van der Waals surface area contributed by atoms with Crippen LogP contribution in [0.4, 0.5) is 14.5 Å². The molecule has 0 fully saturated rings. The minimum Gasteiger partial charge on any atom is -0.455 e. The molecule has 0 radical (unpaired) electrons. The Hall–Kier alpha value is -2.06. The van der Waals surface area contributed by atoms with E-state index in [0.717, 1.165) is 10.5 Å². The second-order valence-corrected chi connectivity index (χ2v) is 7.73. The van der Waals surface area contributed by atoms with E-state index in [1.807, 2.05) is 24.3 Å². The summed E-state index contributed by atoms with van der Waals surface area (Å²) in [6.45, 7) is -0.458. The predicted octanol–water partition coefficient (Wildman–Crippen LogP) is 4.20. The molecular weight excluding hydrogens is 380 g/mol. The van der Waals surface area contributed by atoms with Gasteiger partial charge in [-0.1, -0.05) is 42.1 Å². The number of rotatable bonds is 6. The first-order valence-corrected chi connectivity index (χ1v) is 9.54. The number of amides is 1. The molecule has 1 atom stereocenters. The summed E-state index contributed by atoms with van der Waals surface area (Å²) in [4.78, 5) is 25.4. The Labute approximate surface area is 157 Å². The standard InChI is InChI=1S/C18H15F2NO3S2/c19-18(20)26-14-8-4-2-6-12(14)21-16(22)10-24-17(23)15-9-11-5-1-3-7-13(11)25-15/h1-8,15,18H,9-10H2,(H,21,22). The maximum atomic E-state index is 12.6. The van der Waals surface area contributed by atoms with E-state index in [4.69, 9.17) is 4.74 Å². The van der Waals surface area contributed by atoms with Gasteiger partial charge in [-0.05, 0) is 30.2 Å². The van der Waals surface area contributed by atoms with Gasteiger partial charge in [0.15, 0.2) is 6.61 Å². The van der Waals surface area contributed by atoms with Gasteiger partial charge < -0.3 is 10.1 Å². The average molecular weight is 395 g/mol. The summed E-state index contributed by atoms with van der Waals surface area (Å²) >= 11 is 1.76. The van der Waals surface area contributed by atoms with Gasteiger partial charge >= 0.3 is 5.97 Å². The Kier molecular flexibility index (Phi) is 6.16. The van der Waals surface area contributed by atoms with Crippen LogP contribution in [0.25, 0.3) is 0 Å². The molecule has 1 aliphatic heterocycles. The van der Waals surface area contributed by atoms with Crippen LogP contribution in [0, 0.1) is 0 Å². The van der Waals surface area contributed by atoms with Crippen LogP contribution in [0.1, 0.15) is 5.56 Å². The second kappa shape index (κ2) is 8.55. The van der Waals surface area contributed by atoms with E-state index in [9.17, 15) is 18.4 Å². The van der Waals surface area contributed by atoms with Crippen LogP contribution in [0.15, 0.2) is 58.3 Å². The van der Waals surface area contributed by atoms with Crippen molar-refractivity contribution >= 4 is 41.1 Å². The molecule has 1 aliphatic rings. The maximum Gasteiger partial charge on any atom is 0.320 e. The highest BCUT2D eigenvalue weighted by atomic mass is 32.2. The van der Waals surface area contributed by atoms with Gasteiger partial charge in [-0.3, -0.25) is 9.59 Å². The number of nitrogens with one attached hydrogen (secondary N) is 1. The van der Waals surface area contributed by atoms with Gasteiger partial charge in [0.05, 0.1) is 5.69 Å². The smallest absolute Gasteiger partial charge is 0.320 e. The number of esters is 1. The number of halogens is 2. The first kappa shape index (κ1) is 18.7. The first-order valence-electron chi connectivity index (χ1n) is 7.78. The quantitative estimate of drug-likeness (QED) is 0.587. The Bertz CT molecular complexity index is 792. The van der Waals surface area contributed by atoms with Crippen molar-refractivity contribution in [3.8, 4) is 0 Å². The molecule has 1 unspecified atom stereocenters. The number of carbonyl (C=O) groups excluding carboxylic acids is 2. The van der Waals surface area contributed by atoms with E-state index in [2.05, 4.69) is 5.32 Å². The fraction of sp³-hybridized carbons (Fsp3) is 0.222. The van der Waals surface area contributed by atoms with E-state index in [1.165, 1.54) is 23.9 Å². The summed E-state index contributed by atoms with van der Waals surface area (Å²) in [5.41, 5.74) is 1.35. The molecule has 2 aromatic rings. The monoisotopic (exact) mass is 395 g/mol. The van der Waals surface area contributed by atoms with Crippen molar-refractivity contribution in [3.05, 3.63) is 54.1 Å². The van der Waals surface area contributed by atoms with E-state index >= 15 is 0 Å². The molecule has 4 nitrogen and oxygen atoms in total. The van der Waals surface area contributed by atoms with Crippen LogP contribution >= 0.6 is 23.5 Å². The highest BCUT2D eigenvalue weighted by molar-refractivity contribution is 8.01. The third-order valence-electron chi connectivity index (χ3n) is 3.63. The third-order valence-corrected chi connectivity index (χ3v) is 5.72. The number of thioether (sulfide) groups is 2. The summed E-state index contributed by atoms with van der Waals surface area (Å²) in [5, 5.41) is 2.13. The van der Waals surface area contributed by atoms with Crippen molar-refractivity contribution in [2.75, 3.05) is 11.9 Å². The van der Waals surface area contributed by atoms with E-state index < -0.39 is 24.2 Å². The zero-order valence-electron chi connectivity index (χ0n) is 13.5. The van der Waals surface area contributed by atoms with Crippen molar-refractivity contribution in [3.63, 3.8) is 0 Å². The molecular formula is C18H15F2NO3S2. The summed E-state index contributed by atoms with van der Waals surface area (Å²) in [6.07, 6.45) is 0.565. The average Bonchev–Trinajstić information content (AvgIpc) is 3.05. The number of hydrogen-bond acceptors (Lipinski definition) is 5. The van der Waals surface area contributed by atoms with Gasteiger partial charge in [-0.15, -0.1) is 11.8 Å². The summed E-state index contributed by atoms with van der Waals surface area (Å²) < 4.78 is 30.2. The molecule has 2 aromatic carbocycles. The lowest BCUT2D eigenvalue weighted by Gasteiger charge is -2.12. The van der Waals surface area contributed by atoms with Gasteiger partial charge in [0.1, 0.15) is 5.25 Å². The van der Waals surface area contributed by atoms with Crippen molar-refractivity contribution in [2.45, 2.75) is 27.2 Å². The molecule has 0 saturated carbocycles. The van der Waals surface area contributed by atoms with Gasteiger partial charge in [-0.2, -0.15) is 8.78 Å². The zero-order chi connectivity index (χ0) is 18.5. The molecule has 0 aliphatic carbocycles. The van der Waals surface area contributed by atoms with Crippen LogP contribution in [0.5, 0.6) is 0 Å². The fourth-order valence-corrected chi connectivity index (χ4v) is 4.29. The SMILES string of the molecule is O=C(COC(=O)C1Cc2ccccc2S1)Nc1ccccc1SC(F)F. The number of para-hydroxylation sites is 1. The van der Waals surface area contributed by atoms with Crippen LogP contribution < -0.4 is 5.32 Å². The Balaban J connectivity index is 1.51. The summed E-state index contributed by atoms with van der Waals surface area (Å²) in [6, 6.07) is 14.0. The normalized spacial score (nSPS) is 15.6. The molecule has 26 heavy (non-hydrogen) atoms. The molecule has 136 valence electrons. The predicted molar refractivity (Wildman–Crippen MR) is 97.7 cm³/mol. The van der Waals surface area contributed by atoms with E-state index in [1.54, 1.807) is 12.1 Å². The molecule has 1 N–H and O–H groups in total. The molecule has 3 rings (SSSR count). The number of fused-ring (bicyclic) bond motifs is 1. The van der Waals surface area contributed by atoms with Crippen LogP contribution in [0.3, 0.4) is 0 Å². The number of carbonyl (C=O) groups is 2. The van der Waals surface area contributed by atoms with Crippen LogP contribution in [-0.4, -0.2) is 29.5 Å². The third kappa shape index (κ3) is 4.76. The lowest BCUT2D eigenvalue weighted by atomic mass is 10.1. The largest absolute Gasteiger partial charge is 0.455 e. The van der Waals surface area contributed by atoms with E-state index in [-0.39, 0.29) is 15.8 Å². The number of ether oxygens (including phenoxy) is 1. The van der Waals surface area contributed by atoms with Gasteiger partial charge in [0.25, 0.3) is 11.7 Å². The Morgan fingerprint density at radius 1 is 1.19 bits per heavy atom. The number of hydrogen-bond donors (Lipinski definition) is 1. The molecule has 1 amide bonds. The van der Waals surface area contributed by atoms with Crippen molar-refractivity contribution in [1.29, 1.82) is 0 Å². The van der Waals surface area contributed by atoms with Gasteiger partial charge in [-0.25, -0.2) is 0 Å². The number of anilines is 1. The molecule has 0 bridgehead atoms. The highest BCUT2D eigenvalue weighted by Crippen LogP contribution is 2.37. The number of benzene rings is 2. The van der Waals surface area contributed by atoms with Crippen molar-refractivity contribution in [2.24, 2.45) is 0 Å². The lowest BCUT2D eigenvalue weighted by Crippen LogP contribution is -2.26. The second-order valence-electron chi connectivity index (χ2n) is 5.45. The van der Waals surface area contributed by atoms with Crippen molar-refractivity contribution < 1.29 is 23.1 Å². The molecule has 1 heterocycles. The highest BCUT2D eigenvalue weighted by Gasteiger charge is 2.29. The summed E-state index contributed by atoms with van der Waals surface area (Å²) in [7, 11) is 0. The Morgan fingerprint density at radius 3 is 2.69 bits per heavy atom. The Morgan fingerprint density at radius 2 is 1.92 bits per heavy atom. The zero-order valence-corrected chi connectivity index (χ0v) is 15.1. The van der Waals surface area contributed by atoms with Crippen LogP contribution in [0.2, 0.25) is 0 Å². The maximum absolute atomic E-state index is 12.6. The van der Waals surface area contributed by atoms with Gasteiger partial charge in [0.2, 0.25) is 0 Å². The van der Waals surface area contributed by atoms with Crippen LogP contribution in [-0.2, 0) is 20.7 Å². The molecule has 0 saturated heterocycles. The summed E-state index contributed by atoms with van der Waals surface area (Å²) in [5.74, 6) is -3.62. The minimum atomic E-state index is -2.59. The number of alkyl halides is 2.